The molecule has 0 spiro atoms. The lowest BCUT2D eigenvalue weighted by molar-refractivity contribution is -0.123. The topological polar surface area (TPSA) is 66.4 Å². The molecule has 1 amide bonds. The van der Waals surface area contributed by atoms with E-state index in [4.69, 9.17) is 9.47 Å². The molecule has 182 valence electrons. The second-order valence-electron chi connectivity index (χ2n) is 8.21. The minimum atomic E-state index is -0.335. The summed E-state index contributed by atoms with van der Waals surface area (Å²) in [6.45, 7) is 4.13. The highest BCUT2D eigenvalue weighted by molar-refractivity contribution is 5.83. The fourth-order valence-corrected chi connectivity index (χ4v) is 3.94. The number of hydrazone groups is 1. The largest absolute Gasteiger partial charge is 0.496 e. The second kappa shape index (κ2) is 12.0. The van der Waals surface area contributed by atoms with Gasteiger partial charge in [-0.15, -0.1) is 0 Å². The van der Waals surface area contributed by atoms with Crippen LogP contribution < -0.4 is 19.8 Å². The predicted molar refractivity (Wildman–Crippen MR) is 135 cm³/mol. The van der Waals surface area contributed by atoms with Crippen molar-refractivity contribution in [3.63, 3.8) is 0 Å². The first kappa shape index (κ1) is 24.2. The molecule has 1 saturated heterocycles. The van der Waals surface area contributed by atoms with Gasteiger partial charge in [0.1, 0.15) is 17.3 Å². The Labute approximate surface area is 204 Å². The van der Waals surface area contributed by atoms with Crippen LogP contribution in [0.1, 0.15) is 11.1 Å². The molecule has 1 aliphatic heterocycles. The van der Waals surface area contributed by atoms with Gasteiger partial charge in [0.05, 0.1) is 13.3 Å². The number of benzene rings is 3. The maximum absolute atomic E-state index is 13.2. The van der Waals surface area contributed by atoms with E-state index in [0.29, 0.717) is 5.75 Å². The number of para-hydroxylation sites is 1. The van der Waals surface area contributed by atoms with E-state index in [2.05, 4.69) is 20.3 Å². The Kier molecular flexibility index (Phi) is 8.30. The standard InChI is InChI=1S/C27H29FN4O3/c1-34-26-12-7-21(18-29-30-27(33)20-35-25-5-3-2-4-6-25)17-22(26)19-31-13-15-32(16-14-31)24-10-8-23(28)9-11-24/h2-12,17-18H,13-16,19-20H2,1H3,(H,30,33). The molecule has 1 fully saturated rings. The minimum Gasteiger partial charge on any atom is -0.496 e. The highest BCUT2D eigenvalue weighted by atomic mass is 19.1. The third-order valence-corrected chi connectivity index (χ3v) is 5.78. The molecular formula is C27H29FN4O3. The normalized spacial score (nSPS) is 14.2. The Morgan fingerprint density at radius 3 is 2.49 bits per heavy atom. The molecule has 3 aromatic carbocycles. The van der Waals surface area contributed by atoms with Crippen LogP contribution in [0.25, 0.3) is 0 Å². The van der Waals surface area contributed by atoms with Crippen molar-refractivity contribution in [2.75, 3.05) is 44.8 Å². The number of hydrogen-bond acceptors (Lipinski definition) is 6. The fraction of sp³-hybridized carbons (Fsp3) is 0.259. The van der Waals surface area contributed by atoms with Gasteiger partial charge in [-0.2, -0.15) is 5.10 Å². The third kappa shape index (κ3) is 7.04. The highest BCUT2D eigenvalue weighted by Gasteiger charge is 2.19. The Bertz CT molecular complexity index is 1130. The van der Waals surface area contributed by atoms with E-state index < -0.39 is 0 Å². The van der Waals surface area contributed by atoms with Gasteiger partial charge < -0.3 is 14.4 Å². The van der Waals surface area contributed by atoms with Crippen molar-refractivity contribution in [1.82, 2.24) is 10.3 Å². The van der Waals surface area contributed by atoms with Gasteiger partial charge in [-0.05, 0) is 60.2 Å². The van der Waals surface area contributed by atoms with Crippen molar-refractivity contribution in [3.05, 3.63) is 89.7 Å². The van der Waals surface area contributed by atoms with Crippen molar-refractivity contribution < 1.29 is 18.7 Å². The van der Waals surface area contributed by atoms with Crippen LogP contribution in [-0.4, -0.2) is 56.9 Å². The number of nitrogens with one attached hydrogen (secondary N) is 1. The van der Waals surface area contributed by atoms with Gasteiger partial charge in [-0.3, -0.25) is 9.69 Å². The first-order valence-corrected chi connectivity index (χ1v) is 11.5. The van der Waals surface area contributed by atoms with Gasteiger partial charge in [0.15, 0.2) is 6.61 Å². The van der Waals surface area contributed by atoms with E-state index >= 15 is 0 Å². The molecule has 0 saturated carbocycles. The molecule has 4 rings (SSSR count). The number of carbonyl (C=O) groups is 1. The van der Waals surface area contributed by atoms with Crippen LogP contribution in [0.5, 0.6) is 11.5 Å². The van der Waals surface area contributed by atoms with Crippen molar-refractivity contribution in [1.29, 1.82) is 0 Å². The molecule has 1 N–H and O–H groups in total. The Morgan fingerprint density at radius 2 is 1.77 bits per heavy atom. The van der Waals surface area contributed by atoms with Gasteiger partial charge in [0.2, 0.25) is 0 Å². The van der Waals surface area contributed by atoms with Crippen molar-refractivity contribution in [2.24, 2.45) is 5.10 Å². The van der Waals surface area contributed by atoms with E-state index in [1.807, 2.05) is 48.5 Å². The summed E-state index contributed by atoms with van der Waals surface area (Å²) >= 11 is 0. The van der Waals surface area contributed by atoms with Crippen LogP contribution in [0.4, 0.5) is 10.1 Å². The molecule has 0 unspecified atom stereocenters. The number of anilines is 1. The molecule has 0 atom stereocenters. The summed E-state index contributed by atoms with van der Waals surface area (Å²) in [4.78, 5) is 16.6. The van der Waals surface area contributed by atoms with Crippen LogP contribution in [-0.2, 0) is 11.3 Å². The summed E-state index contributed by atoms with van der Waals surface area (Å²) in [6, 6.07) is 21.6. The first-order chi connectivity index (χ1) is 17.1. The van der Waals surface area contributed by atoms with E-state index in [0.717, 1.165) is 55.3 Å². The number of rotatable bonds is 9. The summed E-state index contributed by atoms with van der Waals surface area (Å²) in [5.74, 6) is 0.884. The third-order valence-electron chi connectivity index (χ3n) is 5.78. The van der Waals surface area contributed by atoms with Crippen LogP contribution in [0.15, 0.2) is 77.9 Å². The van der Waals surface area contributed by atoms with E-state index in [-0.39, 0.29) is 18.3 Å². The van der Waals surface area contributed by atoms with Crippen LogP contribution in [0.3, 0.4) is 0 Å². The zero-order chi connectivity index (χ0) is 24.5. The minimum absolute atomic E-state index is 0.112. The SMILES string of the molecule is COc1ccc(C=NNC(=O)COc2ccccc2)cc1CN1CCN(c2ccc(F)cc2)CC1. The van der Waals surface area contributed by atoms with Gasteiger partial charge in [0.25, 0.3) is 5.91 Å². The number of nitrogens with zero attached hydrogens (tertiary/aromatic N) is 3. The molecule has 1 aliphatic rings. The lowest BCUT2D eigenvalue weighted by Gasteiger charge is -2.36. The van der Waals surface area contributed by atoms with Crippen molar-refractivity contribution in [2.45, 2.75) is 6.54 Å². The first-order valence-electron chi connectivity index (χ1n) is 11.5. The van der Waals surface area contributed by atoms with Gasteiger partial charge in [0, 0.05) is 44.0 Å². The number of amides is 1. The molecule has 7 nitrogen and oxygen atoms in total. The average molecular weight is 477 g/mol. The summed E-state index contributed by atoms with van der Waals surface area (Å²) in [7, 11) is 1.66. The molecule has 0 radical (unpaired) electrons. The molecule has 0 aromatic heterocycles. The second-order valence-corrected chi connectivity index (χ2v) is 8.21. The maximum atomic E-state index is 13.2. The highest BCUT2D eigenvalue weighted by Crippen LogP contribution is 2.23. The lowest BCUT2D eigenvalue weighted by atomic mass is 10.1. The molecule has 35 heavy (non-hydrogen) atoms. The smallest absolute Gasteiger partial charge is 0.277 e. The summed E-state index contributed by atoms with van der Waals surface area (Å²) in [6.07, 6.45) is 1.61. The van der Waals surface area contributed by atoms with Gasteiger partial charge in [-0.25, -0.2) is 9.82 Å². The van der Waals surface area contributed by atoms with E-state index in [1.54, 1.807) is 25.5 Å². The Morgan fingerprint density at radius 1 is 1.03 bits per heavy atom. The Hall–Kier alpha value is -3.91. The summed E-state index contributed by atoms with van der Waals surface area (Å²) in [5.41, 5.74) is 5.43. The van der Waals surface area contributed by atoms with Crippen molar-refractivity contribution >= 4 is 17.8 Å². The molecule has 0 aliphatic carbocycles. The molecular weight excluding hydrogens is 447 g/mol. The number of halogens is 1. The number of methoxy groups -OCH3 is 1. The van der Waals surface area contributed by atoms with Gasteiger partial charge in [-0.1, -0.05) is 18.2 Å². The molecule has 0 bridgehead atoms. The zero-order valence-corrected chi connectivity index (χ0v) is 19.7. The number of ether oxygens (including phenoxy) is 2. The summed E-state index contributed by atoms with van der Waals surface area (Å²) in [5, 5.41) is 4.05. The average Bonchev–Trinajstić information content (AvgIpc) is 2.89. The lowest BCUT2D eigenvalue weighted by Crippen LogP contribution is -2.46. The number of piperazine rings is 1. The van der Waals surface area contributed by atoms with E-state index in [9.17, 15) is 9.18 Å². The quantitative estimate of drug-likeness (QED) is 0.377. The predicted octanol–water partition coefficient (Wildman–Crippen LogP) is 3.69. The number of hydrogen-bond donors (Lipinski definition) is 1. The monoisotopic (exact) mass is 476 g/mol. The number of carbonyl (C=O) groups excluding carboxylic acids is 1. The molecule has 1 heterocycles. The van der Waals surface area contributed by atoms with E-state index in [1.165, 1.54) is 12.1 Å². The molecule has 8 heteroatoms. The van der Waals surface area contributed by atoms with Crippen LogP contribution in [0, 0.1) is 5.82 Å². The maximum Gasteiger partial charge on any atom is 0.277 e. The molecule has 3 aromatic rings. The Balaban J connectivity index is 1.29. The van der Waals surface area contributed by atoms with Crippen LogP contribution in [0.2, 0.25) is 0 Å². The van der Waals surface area contributed by atoms with Crippen molar-refractivity contribution in [3.8, 4) is 11.5 Å². The summed E-state index contributed by atoms with van der Waals surface area (Å²) < 4.78 is 24.2. The van der Waals surface area contributed by atoms with Crippen LogP contribution >= 0.6 is 0 Å². The fourth-order valence-electron chi connectivity index (χ4n) is 3.94. The van der Waals surface area contributed by atoms with Gasteiger partial charge >= 0.3 is 0 Å². The zero-order valence-electron chi connectivity index (χ0n) is 19.7.